The van der Waals surface area contributed by atoms with Crippen molar-refractivity contribution in [3.8, 4) is 0 Å². The molecule has 0 aliphatic heterocycles. The van der Waals surface area contributed by atoms with E-state index in [9.17, 15) is 33.9 Å². The minimum Gasteiger partial charge on any atom is -0.481 e. The number of benzene rings is 2. The molecule has 0 spiro atoms. The number of carboxylic acids is 2. The molecule has 0 radical (unpaired) electrons. The lowest BCUT2D eigenvalue weighted by atomic mass is 10.0. The molecule has 2 aromatic rings. The summed E-state index contributed by atoms with van der Waals surface area (Å²) in [5.74, 6) is -5.95. The lowest BCUT2D eigenvalue weighted by Crippen LogP contribution is -2.58. The molecule has 0 saturated heterocycles. The van der Waals surface area contributed by atoms with Gasteiger partial charge < -0.3 is 36.2 Å². The zero-order chi connectivity index (χ0) is 29.5. The Bertz CT molecular complexity index is 1180. The third kappa shape index (κ3) is 11.7. The second-order valence-electron chi connectivity index (χ2n) is 8.78. The second-order valence-corrected chi connectivity index (χ2v) is 8.78. The Hall–Kier alpha value is -4.78. The third-order valence-corrected chi connectivity index (χ3v) is 5.43. The Morgan fingerprint density at radius 3 is 1.80 bits per heavy atom. The van der Waals surface area contributed by atoms with Crippen LogP contribution in [0.15, 0.2) is 60.7 Å². The number of hydrogen-bond donors (Lipinski definition) is 6. The number of rotatable bonds is 16. The minimum atomic E-state index is -1.62. The molecule has 2 aromatic carbocycles. The first-order chi connectivity index (χ1) is 19.0. The van der Waals surface area contributed by atoms with Crippen LogP contribution < -0.4 is 21.3 Å². The Morgan fingerprint density at radius 2 is 1.25 bits per heavy atom. The standard InChI is InChI=1S/C27H32N4O9/c1-17(32)29-22(16-40-15-19-10-6-3-7-11-19)27(39)31-21(13-23(33)34)26(38)30-20(25(37)28-14-24(35)36)12-18-8-4-2-5-9-18/h2-11,20-22H,12-16H2,1H3,(H,28,37)(H,29,32)(H,30,38)(H,31,39)(H,33,34)(H,35,36)/t20-,21-,22-/m0/s1. The molecule has 0 aromatic heterocycles. The molecule has 0 aliphatic rings. The Balaban J connectivity index is 2.15. The number of carboxylic acid groups (broad SMARTS) is 2. The molecular weight excluding hydrogens is 524 g/mol. The summed E-state index contributed by atoms with van der Waals surface area (Å²) in [5.41, 5.74) is 1.46. The maximum absolute atomic E-state index is 13.1. The number of aliphatic carboxylic acids is 2. The van der Waals surface area contributed by atoms with Crippen molar-refractivity contribution in [2.24, 2.45) is 0 Å². The largest absolute Gasteiger partial charge is 0.481 e. The van der Waals surface area contributed by atoms with Gasteiger partial charge in [0.1, 0.15) is 24.7 Å². The van der Waals surface area contributed by atoms with Crippen LogP contribution in [-0.2, 0) is 46.5 Å². The maximum Gasteiger partial charge on any atom is 0.322 e. The summed E-state index contributed by atoms with van der Waals surface area (Å²) < 4.78 is 5.54. The molecule has 3 atom stereocenters. The number of carbonyl (C=O) groups excluding carboxylic acids is 4. The number of hydrogen-bond acceptors (Lipinski definition) is 7. The molecule has 0 fully saturated rings. The monoisotopic (exact) mass is 556 g/mol. The Morgan fingerprint density at radius 1 is 0.700 bits per heavy atom. The van der Waals surface area contributed by atoms with E-state index in [1.165, 1.54) is 6.92 Å². The first-order valence-corrected chi connectivity index (χ1v) is 12.3. The van der Waals surface area contributed by atoms with Gasteiger partial charge in [-0.15, -0.1) is 0 Å². The van der Waals surface area contributed by atoms with Crippen LogP contribution in [0.2, 0.25) is 0 Å². The Kier molecular flexibility index (Phi) is 12.8. The zero-order valence-corrected chi connectivity index (χ0v) is 21.8. The number of amides is 4. The topological polar surface area (TPSA) is 200 Å². The molecule has 0 unspecified atom stereocenters. The molecule has 214 valence electrons. The fourth-order valence-corrected chi connectivity index (χ4v) is 3.57. The number of ether oxygens (including phenoxy) is 1. The second kappa shape index (κ2) is 16.2. The quantitative estimate of drug-likeness (QED) is 0.159. The van der Waals surface area contributed by atoms with Gasteiger partial charge in [0.05, 0.1) is 19.6 Å². The van der Waals surface area contributed by atoms with E-state index < -0.39 is 66.7 Å². The van der Waals surface area contributed by atoms with Crippen LogP contribution in [0, 0.1) is 0 Å². The van der Waals surface area contributed by atoms with Crippen LogP contribution in [0.3, 0.4) is 0 Å². The predicted molar refractivity (Wildman–Crippen MR) is 141 cm³/mol. The van der Waals surface area contributed by atoms with Crippen LogP contribution >= 0.6 is 0 Å². The normalized spacial score (nSPS) is 12.7. The SMILES string of the molecule is CC(=O)N[C@@H](COCc1ccccc1)C(=O)N[C@@H](CC(=O)O)C(=O)N[C@@H](Cc1ccccc1)C(=O)NCC(=O)O. The van der Waals surface area contributed by atoms with Crippen molar-refractivity contribution in [1.29, 1.82) is 0 Å². The highest BCUT2D eigenvalue weighted by atomic mass is 16.5. The van der Waals surface area contributed by atoms with E-state index in [2.05, 4.69) is 21.3 Å². The summed E-state index contributed by atoms with van der Waals surface area (Å²) in [6.45, 7) is 0.352. The van der Waals surface area contributed by atoms with Crippen LogP contribution in [0.4, 0.5) is 0 Å². The van der Waals surface area contributed by atoms with Gasteiger partial charge in [-0.2, -0.15) is 0 Å². The minimum absolute atomic E-state index is 0.0341. The fraction of sp³-hybridized carbons (Fsp3) is 0.333. The van der Waals surface area contributed by atoms with E-state index in [1.807, 2.05) is 6.07 Å². The first kappa shape index (κ1) is 31.4. The van der Waals surface area contributed by atoms with E-state index in [4.69, 9.17) is 9.84 Å². The van der Waals surface area contributed by atoms with Gasteiger partial charge in [-0.1, -0.05) is 60.7 Å². The average molecular weight is 557 g/mol. The molecule has 6 N–H and O–H groups in total. The van der Waals surface area contributed by atoms with Gasteiger partial charge in [-0.3, -0.25) is 28.8 Å². The third-order valence-electron chi connectivity index (χ3n) is 5.43. The van der Waals surface area contributed by atoms with E-state index in [1.54, 1.807) is 54.6 Å². The van der Waals surface area contributed by atoms with Crippen LogP contribution in [0.5, 0.6) is 0 Å². The number of nitrogens with one attached hydrogen (secondary N) is 4. The van der Waals surface area contributed by atoms with Gasteiger partial charge in [0.2, 0.25) is 23.6 Å². The van der Waals surface area contributed by atoms with Gasteiger partial charge in [0, 0.05) is 13.3 Å². The summed E-state index contributed by atoms with van der Waals surface area (Å²) >= 11 is 0. The van der Waals surface area contributed by atoms with Crippen molar-refractivity contribution in [1.82, 2.24) is 21.3 Å². The lowest BCUT2D eigenvalue weighted by Gasteiger charge is -2.24. The van der Waals surface area contributed by atoms with E-state index in [0.29, 0.717) is 5.56 Å². The van der Waals surface area contributed by atoms with Gasteiger partial charge in [0.15, 0.2) is 0 Å². The fourth-order valence-electron chi connectivity index (χ4n) is 3.57. The highest BCUT2D eigenvalue weighted by molar-refractivity contribution is 5.96. The summed E-state index contributed by atoms with van der Waals surface area (Å²) in [6, 6.07) is 13.4. The van der Waals surface area contributed by atoms with E-state index >= 15 is 0 Å². The van der Waals surface area contributed by atoms with Gasteiger partial charge in [0.25, 0.3) is 0 Å². The average Bonchev–Trinajstić information content (AvgIpc) is 2.91. The molecule has 40 heavy (non-hydrogen) atoms. The van der Waals surface area contributed by atoms with Crippen LogP contribution in [0.25, 0.3) is 0 Å². The van der Waals surface area contributed by atoms with Crippen molar-refractivity contribution in [3.05, 3.63) is 71.8 Å². The molecule has 0 bridgehead atoms. The van der Waals surface area contributed by atoms with E-state index in [-0.39, 0.29) is 19.6 Å². The van der Waals surface area contributed by atoms with Gasteiger partial charge >= 0.3 is 11.9 Å². The molecular formula is C27H32N4O9. The maximum atomic E-state index is 13.1. The van der Waals surface area contributed by atoms with Crippen LogP contribution in [-0.4, -0.2) is 77.1 Å². The Labute approximate surface area is 230 Å². The highest BCUT2D eigenvalue weighted by Crippen LogP contribution is 2.06. The van der Waals surface area contributed by atoms with Crippen LogP contribution in [0.1, 0.15) is 24.5 Å². The predicted octanol–water partition coefficient (Wildman–Crippen LogP) is -0.404. The van der Waals surface area contributed by atoms with Crippen molar-refractivity contribution in [2.45, 2.75) is 44.5 Å². The van der Waals surface area contributed by atoms with Gasteiger partial charge in [-0.05, 0) is 11.1 Å². The highest BCUT2D eigenvalue weighted by Gasteiger charge is 2.31. The van der Waals surface area contributed by atoms with Crippen molar-refractivity contribution in [3.63, 3.8) is 0 Å². The molecule has 4 amide bonds. The zero-order valence-electron chi connectivity index (χ0n) is 21.8. The van der Waals surface area contributed by atoms with Gasteiger partial charge in [-0.25, -0.2) is 0 Å². The van der Waals surface area contributed by atoms with Crippen molar-refractivity contribution in [2.75, 3.05) is 13.2 Å². The van der Waals surface area contributed by atoms with E-state index in [0.717, 1.165) is 5.56 Å². The first-order valence-electron chi connectivity index (χ1n) is 12.3. The smallest absolute Gasteiger partial charge is 0.322 e. The molecule has 13 heteroatoms. The lowest BCUT2D eigenvalue weighted by molar-refractivity contribution is -0.142. The molecule has 0 heterocycles. The summed E-state index contributed by atoms with van der Waals surface area (Å²) in [4.78, 5) is 72.8. The molecule has 13 nitrogen and oxygen atoms in total. The molecule has 0 saturated carbocycles. The van der Waals surface area contributed by atoms with Crippen molar-refractivity contribution >= 4 is 35.6 Å². The molecule has 2 rings (SSSR count). The summed E-state index contributed by atoms with van der Waals surface area (Å²) in [6.07, 6.45) is -0.863. The van der Waals surface area contributed by atoms with Crippen molar-refractivity contribution < 1.29 is 43.7 Å². The number of carbonyl (C=O) groups is 6. The summed E-state index contributed by atoms with van der Waals surface area (Å²) in [5, 5.41) is 27.5. The summed E-state index contributed by atoms with van der Waals surface area (Å²) in [7, 11) is 0. The molecule has 0 aliphatic carbocycles.